The number of unbranched alkanes of at least 4 members (excludes halogenated alkanes) is 1. The second kappa shape index (κ2) is 7.89. The Morgan fingerprint density at radius 2 is 1.84 bits per heavy atom. The summed E-state index contributed by atoms with van der Waals surface area (Å²) in [6, 6.07) is 12.5. The summed E-state index contributed by atoms with van der Waals surface area (Å²) in [5.41, 5.74) is -0.253. The summed E-state index contributed by atoms with van der Waals surface area (Å²) in [7, 11) is 0. The van der Waals surface area contributed by atoms with Gasteiger partial charge >= 0.3 is 11.4 Å². The molecule has 0 aliphatic rings. The van der Waals surface area contributed by atoms with Gasteiger partial charge in [-0.1, -0.05) is 33.6 Å². The molecule has 130 valence electrons. The summed E-state index contributed by atoms with van der Waals surface area (Å²) in [5, 5.41) is 0.659. The number of aromatic nitrogens is 1. The van der Waals surface area contributed by atoms with Crippen molar-refractivity contribution in [1.82, 2.24) is 4.57 Å². The first-order chi connectivity index (χ1) is 12.1. The van der Waals surface area contributed by atoms with Crippen LogP contribution in [0.2, 0.25) is 5.02 Å². The highest BCUT2D eigenvalue weighted by molar-refractivity contribution is 9.10. The molecule has 3 aromatic rings. The van der Waals surface area contributed by atoms with Crippen LogP contribution in [-0.2, 0) is 6.54 Å². The molecule has 0 atom stereocenters. The van der Waals surface area contributed by atoms with Gasteiger partial charge in [0.05, 0.1) is 22.5 Å². The average molecular weight is 425 g/mol. The van der Waals surface area contributed by atoms with Crippen LogP contribution in [0, 0.1) is 0 Å². The first-order valence-electron chi connectivity index (χ1n) is 7.77. The van der Waals surface area contributed by atoms with Crippen LogP contribution in [0.5, 0.6) is 5.75 Å². The third-order valence-corrected chi connectivity index (χ3v) is 4.57. The molecule has 0 spiro atoms. The molecule has 2 aromatic carbocycles. The van der Waals surface area contributed by atoms with Gasteiger partial charge in [0.1, 0.15) is 5.75 Å². The van der Waals surface area contributed by atoms with Crippen molar-refractivity contribution < 1.29 is 9.15 Å². The fourth-order valence-corrected chi connectivity index (χ4v) is 3.07. The van der Waals surface area contributed by atoms with Crippen LogP contribution < -0.4 is 16.1 Å². The Hall–Kier alpha value is -2.05. The lowest BCUT2D eigenvalue weighted by Crippen LogP contribution is -2.25. The van der Waals surface area contributed by atoms with E-state index in [0.717, 1.165) is 16.6 Å². The fraction of sp³-hybridized carbons (Fsp3) is 0.222. The van der Waals surface area contributed by atoms with Gasteiger partial charge in [0, 0.05) is 11.0 Å². The molecule has 0 unspecified atom stereocenters. The maximum atomic E-state index is 12.0. The summed E-state index contributed by atoms with van der Waals surface area (Å²) in [6.45, 7) is 0.922. The van der Waals surface area contributed by atoms with E-state index in [4.69, 9.17) is 20.8 Å². The number of halogens is 2. The molecule has 5 nitrogen and oxygen atoms in total. The van der Waals surface area contributed by atoms with Crippen molar-refractivity contribution >= 4 is 38.4 Å². The van der Waals surface area contributed by atoms with Crippen molar-refractivity contribution in [2.75, 3.05) is 6.61 Å². The third-order valence-electron chi connectivity index (χ3n) is 3.74. The highest BCUT2D eigenvalue weighted by Crippen LogP contribution is 2.20. The Morgan fingerprint density at radius 1 is 1.08 bits per heavy atom. The second-order valence-electron chi connectivity index (χ2n) is 5.45. The number of benzene rings is 2. The van der Waals surface area contributed by atoms with Crippen LogP contribution in [0.4, 0.5) is 0 Å². The molecule has 0 radical (unpaired) electrons. The van der Waals surface area contributed by atoms with Gasteiger partial charge in [0.15, 0.2) is 0 Å². The molecule has 3 rings (SSSR count). The normalized spacial score (nSPS) is 11.0. The Morgan fingerprint density at radius 3 is 2.60 bits per heavy atom. The van der Waals surface area contributed by atoms with Gasteiger partial charge in [-0.25, -0.2) is 9.59 Å². The summed E-state index contributed by atoms with van der Waals surface area (Å²) >= 11 is 9.54. The van der Waals surface area contributed by atoms with Crippen LogP contribution in [0.15, 0.2) is 60.9 Å². The van der Waals surface area contributed by atoms with E-state index in [9.17, 15) is 9.59 Å². The molecule has 0 aliphatic carbocycles. The molecule has 1 aromatic heterocycles. The highest BCUT2D eigenvalue weighted by atomic mass is 79.9. The maximum Gasteiger partial charge on any atom is 0.422 e. The van der Waals surface area contributed by atoms with E-state index < -0.39 is 11.4 Å². The summed E-state index contributed by atoms with van der Waals surface area (Å²) in [6.07, 6.45) is 1.43. The number of ether oxygens (including phenoxy) is 1. The van der Waals surface area contributed by atoms with Gasteiger partial charge in [-0.15, -0.1) is 0 Å². The van der Waals surface area contributed by atoms with Crippen molar-refractivity contribution in [1.29, 1.82) is 0 Å². The smallest absolute Gasteiger partial charge is 0.422 e. The van der Waals surface area contributed by atoms with Crippen molar-refractivity contribution in [3.63, 3.8) is 0 Å². The van der Waals surface area contributed by atoms with E-state index in [2.05, 4.69) is 15.9 Å². The van der Waals surface area contributed by atoms with Crippen LogP contribution in [0.25, 0.3) is 10.9 Å². The molecule has 0 aliphatic heterocycles. The van der Waals surface area contributed by atoms with Gasteiger partial charge in [-0.05, 0) is 49.2 Å². The molecule has 0 fully saturated rings. The van der Waals surface area contributed by atoms with E-state index in [1.807, 2.05) is 24.3 Å². The van der Waals surface area contributed by atoms with Gasteiger partial charge < -0.3 is 9.15 Å². The number of hydrogen-bond donors (Lipinski definition) is 0. The first-order valence-corrected chi connectivity index (χ1v) is 8.94. The molecule has 1 heterocycles. The number of rotatable bonds is 6. The van der Waals surface area contributed by atoms with Gasteiger partial charge in [-0.3, -0.25) is 4.57 Å². The largest absolute Gasteiger partial charge is 0.494 e. The van der Waals surface area contributed by atoms with Gasteiger partial charge in [-0.2, -0.15) is 0 Å². The summed E-state index contributed by atoms with van der Waals surface area (Å²) in [5.74, 6) is 0.0963. The molecule has 0 amide bonds. The van der Waals surface area contributed by atoms with Crippen molar-refractivity contribution in [2.45, 2.75) is 19.4 Å². The topological polar surface area (TPSA) is 61.4 Å². The highest BCUT2D eigenvalue weighted by Gasteiger charge is 2.12. The predicted octanol–water partition coefficient (Wildman–Crippen LogP) is 4.23. The monoisotopic (exact) mass is 423 g/mol. The fourth-order valence-electron chi connectivity index (χ4n) is 2.53. The van der Waals surface area contributed by atoms with Crippen molar-refractivity contribution in [3.05, 3.63) is 72.9 Å². The van der Waals surface area contributed by atoms with Crippen molar-refractivity contribution in [2.24, 2.45) is 0 Å². The van der Waals surface area contributed by atoms with E-state index in [-0.39, 0.29) is 0 Å². The first kappa shape index (κ1) is 17.8. The number of fused-ring (bicyclic) bond motifs is 1. The van der Waals surface area contributed by atoms with Crippen LogP contribution >= 0.6 is 27.5 Å². The minimum absolute atomic E-state index is 0.304. The summed E-state index contributed by atoms with van der Waals surface area (Å²) < 4.78 is 12.8. The molecular weight excluding hydrogens is 410 g/mol. The lowest BCUT2D eigenvalue weighted by Gasteiger charge is -2.10. The molecule has 0 saturated heterocycles. The second-order valence-corrected chi connectivity index (χ2v) is 6.78. The number of hydrogen-bond acceptors (Lipinski definition) is 4. The Kier molecular flexibility index (Phi) is 5.60. The molecule has 7 heteroatoms. The number of nitrogens with zero attached hydrogens (tertiary/aromatic N) is 1. The van der Waals surface area contributed by atoms with E-state index >= 15 is 0 Å². The average Bonchev–Trinajstić information content (AvgIpc) is 2.59. The molecule has 0 N–H and O–H groups in total. The van der Waals surface area contributed by atoms with Crippen molar-refractivity contribution in [3.8, 4) is 5.75 Å². The van der Waals surface area contributed by atoms with Crippen LogP contribution in [0.1, 0.15) is 12.8 Å². The summed E-state index contributed by atoms with van der Waals surface area (Å²) in [4.78, 5) is 23.8. The minimum atomic E-state index is -0.695. The number of para-hydroxylation sites is 1. The molecule has 25 heavy (non-hydrogen) atoms. The molecule has 0 saturated carbocycles. The lowest BCUT2D eigenvalue weighted by molar-refractivity contribution is 0.301. The van der Waals surface area contributed by atoms with E-state index in [1.54, 1.807) is 18.2 Å². The quantitative estimate of drug-likeness (QED) is 0.556. The lowest BCUT2D eigenvalue weighted by atomic mass is 10.2. The third kappa shape index (κ3) is 4.14. The maximum absolute atomic E-state index is 12.0. The van der Waals surface area contributed by atoms with E-state index in [0.29, 0.717) is 35.5 Å². The minimum Gasteiger partial charge on any atom is -0.494 e. The van der Waals surface area contributed by atoms with Gasteiger partial charge in [0.2, 0.25) is 0 Å². The standard InChI is InChI=1S/C18H15BrClNO4/c19-12-6-8-13(9-7-12)24-11-2-1-10-21-16-14(4-3-5-15(16)20)17(22)25-18(21)23/h3-9H,1-2,10-11H2. The molecular formula is C18H15BrClNO4. The number of aryl methyl sites for hydroxylation is 1. The Balaban J connectivity index is 1.66. The van der Waals surface area contributed by atoms with Crippen LogP contribution in [0.3, 0.4) is 0 Å². The predicted molar refractivity (Wildman–Crippen MR) is 101 cm³/mol. The van der Waals surface area contributed by atoms with E-state index in [1.165, 1.54) is 4.57 Å². The molecule has 0 bridgehead atoms. The SMILES string of the molecule is O=c1oc(=O)n(CCCCOc2ccc(Br)cc2)c2c(Cl)cccc12. The zero-order chi connectivity index (χ0) is 17.8. The Labute approximate surface area is 156 Å². The zero-order valence-corrected chi connectivity index (χ0v) is 15.5. The van der Waals surface area contributed by atoms with Gasteiger partial charge in [0.25, 0.3) is 0 Å². The Bertz CT molecular complexity index is 995. The van der Waals surface area contributed by atoms with Crippen LogP contribution in [-0.4, -0.2) is 11.2 Å². The zero-order valence-electron chi connectivity index (χ0n) is 13.2.